The van der Waals surface area contributed by atoms with Crippen molar-refractivity contribution in [1.29, 1.82) is 0 Å². The molecule has 34 heavy (non-hydrogen) atoms. The monoisotopic (exact) mass is 476 g/mol. The molecule has 2 fully saturated rings. The second-order valence-corrected chi connectivity index (χ2v) is 11.8. The van der Waals surface area contributed by atoms with Crippen LogP contribution in [0.15, 0.2) is 12.2 Å². The second-order valence-electron chi connectivity index (χ2n) is 11.8. The topological polar surface area (TPSA) is 109 Å². The average molecular weight is 477 g/mol. The van der Waals surface area contributed by atoms with E-state index in [0.717, 1.165) is 64.2 Å². The van der Waals surface area contributed by atoms with Crippen LogP contribution in [-0.4, -0.2) is 33.7 Å². The van der Waals surface area contributed by atoms with Crippen molar-refractivity contribution < 1.29 is 29.4 Å². The Bertz CT molecular complexity index is 714. The number of Topliss-reactive ketones (excluding diaryl/α,β-unsaturated/α-hetero) is 2. The van der Waals surface area contributed by atoms with Gasteiger partial charge in [-0.25, -0.2) is 0 Å². The molecule has 4 atom stereocenters. The molecule has 0 radical (unpaired) electrons. The van der Waals surface area contributed by atoms with Crippen LogP contribution >= 0.6 is 0 Å². The Morgan fingerprint density at radius 2 is 1.09 bits per heavy atom. The zero-order chi connectivity index (χ0) is 25.5. The first kappa shape index (κ1) is 28.3. The Hall–Kier alpha value is -1.98. The van der Waals surface area contributed by atoms with E-state index in [1.165, 1.54) is 0 Å². The molecule has 2 N–H and O–H groups in total. The lowest BCUT2D eigenvalue weighted by molar-refractivity contribution is -0.148. The fourth-order valence-corrected chi connectivity index (χ4v) is 5.36. The number of carbonyl (C=O) groups is 4. The highest BCUT2D eigenvalue weighted by Gasteiger charge is 2.34. The minimum atomic E-state index is -0.802. The number of rotatable bonds is 12. The summed E-state index contributed by atoms with van der Waals surface area (Å²) in [7, 11) is 0. The summed E-state index contributed by atoms with van der Waals surface area (Å²) in [5.74, 6) is -1.43. The highest BCUT2D eigenvalue weighted by molar-refractivity contribution is 5.87. The van der Waals surface area contributed by atoms with Gasteiger partial charge in [0.2, 0.25) is 0 Å². The van der Waals surface area contributed by atoms with E-state index in [1.54, 1.807) is 27.7 Å². The van der Waals surface area contributed by atoms with E-state index in [4.69, 9.17) is 0 Å². The minimum absolute atomic E-state index is 0.0135. The number of carboxylic acids is 2. The van der Waals surface area contributed by atoms with Gasteiger partial charge < -0.3 is 10.2 Å². The fourth-order valence-electron chi connectivity index (χ4n) is 5.36. The predicted octanol–water partition coefficient (Wildman–Crippen LogP) is 6.08. The lowest BCUT2D eigenvalue weighted by atomic mass is 9.74. The molecule has 0 aromatic rings. The van der Waals surface area contributed by atoms with Crippen molar-refractivity contribution in [3.63, 3.8) is 0 Å². The number of carbonyl (C=O) groups excluding carboxylic acids is 2. The number of ketones is 2. The van der Waals surface area contributed by atoms with E-state index in [2.05, 4.69) is 0 Å². The van der Waals surface area contributed by atoms with E-state index in [9.17, 15) is 29.4 Å². The highest BCUT2D eigenvalue weighted by atomic mass is 16.4. The SMILES string of the molecule is CC(C)(CCCC1CCCC(/C=C/C2CCCC(CCCC(C)(C)C(=O)O)C2=O)C1=O)C(=O)O. The van der Waals surface area contributed by atoms with E-state index >= 15 is 0 Å². The quantitative estimate of drug-likeness (QED) is 0.331. The van der Waals surface area contributed by atoms with Crippen LogP contribution in [0.3, 0.4) is 0 Å². The Morgan fingerprint density at radius 1 is 0.735 bits per heavy atom. The molecule has 4 unspecified atom stereocenters. The van der Waals surface area contributed by atoms with Crippen LogP contribution in [0.4, 0.5) is 0 Å². The van der Waals surface area contributed by atoms with Crippen molar-refractivity contribution in [3.8, 4) is 0 Å². The van der Waals surface area contributed by atoms with E-state index < -0.39 is 22.8 Å². The molecule has 0 aromatic heterocycles. The summed E-state index contributed by atoms with van der Waals surface area (Å²) in [6.07, 6.45) is 13.3. The van der Waals surface area contributed by atoms with Gasteiger partial charge in [0.15, 0.2) is 0 Å². The summed E-state index contributed by atoms with van der Waals surface area (Å²) in [6.45, 7) is 6.91. The number of hydrogen-bond donors (Lipinski definition) is 2. The summed E-state index contributed by atoms with van der Waals surface area (Å²) in [5.41, 5.74) is -1.53. The van der Waals surface area contributed by atoms with Crippen molar-refractivity contribution in [2.45, 2.75) is 105 Å². The Labute approximate surface area is 204 Å². The Balaban J connectivity index is 1.87. The minimum Gasteiger partial charge on any atom is -0.481 e. The molecule has 0 saturated heterocycles. The largest absolute Gasteiger partial charge is 0.481 e. The Morgan fingerprint density at radius 3 is 1.41 bits per heavy atom. The van der Waals surface area contributed by atoms with Gasteiger partial charge in [-0.3, -0.25) is 19.2 Å². The van der Waals surface area contributed by atoms with Crippen LogP contribution in [0.2, 0.25) is 0 Å². The van der Waals surface area contributed by atoms with Gasteiger partial charge in [-0.2, -0.15) is 0 Å². The number of hydrogen-bond acceptors (Lipinski definition) is 4. The molecule has 2 aliphatic rings. The van der Waals surface area contributed by atoms with Crippen molar-refractivity contribution in [3.05, 3.63) is 12.2 Å². The zero-order valence-corrected chi connectivity index (χ0v) is 21.5. The van der Waals surface area contributed by atoms with Gasteiger partial charge in [-0.05, 0) is 79.1 Å². The first-order valence-corrected chi connectivity index (χ1v) is 13.1. The fraction of sp³-hybridized carbons (Fsp3) is 0.786. The van der Waals surface area contributed by atoms with E-state index in [1.807, 2.05) is 12.2 Å². The van der Waals surface area contributed by atoms with Gasteiger partial charge in [0.05, 0.1) is 10.8 Å². The second kappa shape index (κ2) is 12.1. The molecule has 6 heteroatoms. The van der Waals surface area contributed by atoms with Crippen molar-refractivity contribution in [1.82, 2.24) is 0 Å². The molecular formula is C28H44O6. The number of carboxylic acid groups (broad SMARTS) is 2. The van der Waals surface area contributed by atoms with Crippen LogP contribution in [0.25, 0.3) is 0 Å². The molecule has 0 aliphatic heterocycles. The molecule has 0 spiro atoms. The summed E-state index contributed by atoms with van der Waals surface area (Å²) in [5, 5.41) is 18.6. The van der Waals surface area contributed by atoms with Crippen LogP contribution < -0.4 is 0 Å². The molecule has 0 heterocycles. The van der Waals surface area contributed by atoms with Crippen LogP contribution in [0.1, 0.15) is 105 Å². The number of aliphatic carboxylic acids is 2. The molecule has 2 saturated carbocycles. The molecular weight excluding hydrogens is 432 g/mol. The number of allylic oxidation sites excluding steroid dienone is 2. The predicted molar refractivity (Wildman–Crippen MR) is 131 cm³/mol. The third-order valence-corrected chi connectivity index (χ3v) is 8.11. The summed E-state index contributed by atoms with van der Waals surface area (Å²) < 4.78 is 0. The van der Waals surface area contributed by atoms with Crippen LogP contribution in [-0.2, 0) is 19.2 Å². The molecule has 192 valence electrons. The zero-order valence-electron chi connectivity index (χ0n) is 21.5. The Kier molecular flexibility index (Phi) is 10.1. The lowest BCUT2D eigenvalue weighted by Gasteiger charge is -2.29. The van der Waals surface area contributed by atoms with Gasteiger partial charge in [0, 0.05) is 23.7 Å². The van der Waals surface area contributed by atoms with E-state index in [0.29, 0.717) is 12.8 Å². The molecule has 0 aromatic carbocycles. The smallest absolute Gasteiger partial charge is 0.309 e. The summed E-state index contributed by atoms with van der Waals surface area (Å²) in [6, 6.07) is 0. The van der Waals surface area contributed by atoms with Gasteiger partial charge in [-0.15, -0.1) is 0 Å². The lowest BCUT2D eigenvalue weighted by Crippen LogP contribution is -2.30. The molecule has 6 nitrogen and oxygen atoms in total. The van der Waals surface area contributed by atoms with Crippen molar-refractivity contribution >= 4 is 23.5 Å². The molecule has 2 rings (SSSR count). The highest BCUT2D eigenvalue weighted by Crippen LogP contribution is 2.35. The molecule has 0 bridgehead atoms. The van der Waals surface area contributed by atoms with Crippen LogP contribution in [0, 0.1) is 34.5 Å². The summed E-state index contributed by atoms with van der Waals surface area (Å²) >= 11 is 0. The van der Waals surface area contributed by atoms with E-state index in [-0.39, 0.29) is 35.2 Å². The maximum atomic E-state index is 13.0. The maximum Gasteiger partial charge on any atom is 0.309 e. The van der Waals surface area contributed by atoms with Gasteiger partial charge >= 0.3 is 11.9 Å². The van der Waals surface area contributed by atoms with Crippen molar-refractivity contribution in [2.24, 2.45) is 34.5 Å². The van der Waals surface area contributed by atoms with Crippen LogP contribution in [0.5, 0.6) is 0 Å². The molecule has 0 amide bonds. The van der Waals surface area contributed by atoms with Gasteiger partial charge in [0.1, 0.15) is 11.6 Å². The third-order valence-electron chi connectivity index (χ3n) is 8.11. The van der Waals surface area contributed by atoms with Crippen molar-refractivity contribution in [2.75, 3.05) is 0 Å². The first-order chi connectivity index (χ1) is 15.8. The third kappa shape index (κ3) is 7.78. The van der Waals surface area contributed by atoms with Gasteiger partial charge in [-0.1, -0.05) is 37.8 Å². The normalized spacial score (nSPS) is 26.7. The molecule has 2 aliphatic carbocycles. The maximum absolute atomic E-state index is 13.0. The average Bonchev–Trinajstić information content (AvgIpc) is 2.75. The standard InChI is InChI=1S/C28H44O6/c1-27(2,25(31)32)17-7-13-19-9-5-11-21(23(19)29)15-16-22-12-6-10-20(24(22)30)14-8-18-28(3,4)26(33)34/h15-16,19-22H,5-14,17-18H2,1-4H3,(H,31,32)(H,33,34)/b16-15+. The van der Waals surface area contributed by atoms with Gasteiger partial charge in [0.25, 0.3) is 0 Å². The summed E-state index contributed by atoms with van der Waals surface area (Å²) in [4.78, 5) is 48.7. The first-order valence-electron chi connectivity index (χ1n) is 13.1.